The summed E-state index contributed by atoms with van der Waals surface area (Å²) in [5, 5.41) is 0. The van der Waals surface area contributed by atoms with Gasteiger partial charge in [-0.3, -0.25) is 4.98 Å². The van der Waals surface area contributed by atoms with Crippen LogP contribution in [0.1, 0.15) is 44.4 Å². The van der Waals surface area contributed by atoms with E-state index in [4.69, 9.17) is 5.73 Å². The first-order chi connectivity index (χ1) is 10.5. The first kappa shape index (κ1) is 14.7. The summed E-state index contributed by atoms with van der Waals surface area (Å²) in [5.41, 5.74) is 11.7. The van der Waals surface area contributed by atoms with E-state index in [1.54, 1.807) is 6.20 Å². The second-order valence-corrected chi connectivity index (χ2v) is 6.78. The number of nitrogen functional groups attached to an aromatic ring is 1. The predicted molar refractivity (Wildman–Crippen MR) is 90.0 cm³/mol. The molecule has 0 fully saturated rings. The number of hydrogen-bond donors (Lipinski definition) is 1. The maximum absolute atomic E-state index is 5.84. The summed E-state index contributed by atoms with van der Waals surface area (Å²) >= 11 is 0. The minimum atomic E-state index is 0.330. The van der Waals surface area contributed by atoms with E-state index in [-0.39, 0.29) is 0 Å². The number of pyridine rings is 1. The van der Waals surface area contributed by atoms with Crippen molar-refractivity contribution < 1.29 is 0 Å². The van der Waals surface area contributed by atoms with Crippen LogP contribution in [0.15, 0.2) is 30.7 Å². The van der Waals surface area contributed by atoms with Gasteiger partial charge in [0.25, 0.3) is 0 Å². The van der Waals surface area contributed by atoms with Gasteiger partial charge in [0.2, 0.25) is 5.95 Å². The molecule has 3 rings (SSSR count). The average molecular weight is 294 g/mol. The van der Waals surface area contributed by atoms with Gasteiger partial charge in [-0.1, -0.05) is 19.9 Å². The summed E-state index contributed by atoms with van der Waals surface area (Å²) in [7, 11) is 0. The molecule has 0 bridgehead atoms. The van der Waals surface area contributed by atoms with Crippen LogP contribution in [0.25, 0.3) is 16.7 Å². The van der Waals surface area contributed by atoms with Gasteiger partial charge in [0.15, 0.2) is 0 Å². The smallest absolute Gasteiger partial charge is 0.220 e. The van der Waals surface area contributed by atoms with Crippen molar-refractivity contribution in [2.24, 2.45) is 5.41 Å². The molecule has 2 aromatic rings. The minimum Gasteiger partial charge on any atom is -0.368 e. The maximum atomic E-state index is 5.84. The molecular weight excluding hydrogens is 272 g/mol. The predicted octanol–water partition coefficient (Wildman–Crippen LogP) is 4.02. The number of allylic oxidation sites excluding steroid dienone is 2. The number of aromatic nitrogens is 3. The van der Waals surface area contributed by atoms with Crippen LogP contribution in [0.3, 0.4) is 0 Å². The number of aryl methyl sites for hydroxylation is 1. The molecule has 0 amide bonds. The van der Waals surface area contributed by atoms with Crippen LogP contribution in [0.2, 0.25) is 0 Å². The van der Waals surface area contributed by atoms with Crippen LogP contribution in [-0.2, 0) is 0 Å². The summed E-state index contributed by atoms with van der Waals surface area (Å²) in [6.07, 6.45) is 11.1. The van der Waals surface area contributed by atoms with Gasteiger partial charge >= 0.3 is 0 Å². The highest BCUT2D eigenvalue weighted by Gasteiger charge is 2.24. The van der Waals surface area contributed by atoms with Gasteiger partial charge in [-0.15, -0.1) is 0 Å². The third-order valence-electron chi connectivity index (χ3n) is 4.39. The van der Waals surface area contributed by atoms with Gasteiger partial charge in [-0.25, -0.2) is 9.97 Å². The summed E-state index contributed by atoms with van der Waals surface area (Å²) in [4.78, 5) is 12.9. The normalized spacial score (nSPS) is 17.1. The van der Waals surface area contributed by atoms with Crippen molar-refractivity contribution in [2.45, 2.75) is 40.0 Å². The molecule has 0 atom stereocenters. The standard InChI is InChI=1S/C18H22N4/c1-12-10-20-9-6-14(12)15-11-21-17(19)22-16(15)13-4-7-18(2,3)8-5-13/h4,6,9-11H,5,7-8H2,1-3H3,(H2,19,21,22). The lowest BCUT2D eigenvalue weighted by Gasteiger charge is -2.29. The van der Waals surface area contributed by atoms with E-state index < -0.39 is 0 Å². The summed E-state index contributed by atoms with van der Waals surface area (Å²) in [5.74, 6) is 0.330. The lowest BCUT2D eigenvalue weighted by atomic mass is 9.77. The van der Waals surface area contributed by atoms with Crippen molar-refractivity contribution in [3.8, 4) is 11.1 Å². The Hall–Kier alpha value is -2.23. The van der Waals surface area contributed by atoms with Gasteiger partial charge in [0.05, 0.1) is 5.69 Å². The highest BCUT2D eigenvalue weighted by molar-refractivity contribution is 5.80. The number of nitrogens with two attached hydrogens (primary N) is 1. The third kappa shape index (κ3) is 2.86. The molecule has 2 N–H and O–H groups in total. The van der Waals surface area contributed by atoms with E-state index in [0.717, 1.165) is 41.6 Å². The molecular formula is C18H22N4. The fourth-order valence-electron chi connectivity index (χ4n) is 2.90. The van der Waals surface area contributed by atoms with E-state index in [1.165, 1.54) is 5.57 Å². The van der Waals surface area contributed by atoms with E-state index in [9.17, 15) is 0 Å². The van der Waals surface area contributed by atoms with E-state index in [0.29, 0.717) is 11.4 Å². The molecule has 22 heavy (non-hydrogen) atoms. The highest BCUT2D eigenvalue weighted by Crippen LogP contribution is 2.40. The molecule has 0 aromatic carbocycles. The zero-order valence-corrected chi connectivity index (χ0v) is 13.4. The lowest BCUT2D eigenvalue weighted by molar-refractivity contribution is 0.335. The van der Waals surface area contributed by atoms with Gasteiger partial charge < -0.3 is 5.73 Å². The van der Waals surface area contributed by atoms with Crippen LogP contribution >= 0.6 is 0 Å². The van der Waals surface area contributed by atoms with Crippen molar-refractivity contribution in [1.82, 2.24) is 15.0 Å². The zero-order valence-electron chi connectivity index (χ0n) is 13.4. The second-order valence-electron chi connectivity index (χ2n) is 6.78. The van der Waals surface area contributed by atoms with Crippen LogP contribution in [-0.4, -0.2) is 15.0 Å². The Bertz CT molecular complexity index is 732. The van der Waals surface area contributed by atoms with Gasteiger partial charge in [-0.2, -0.15) is 0 Å². The Morgan fingerprint density at radius 2 is 2.00 bits per heavy atom. The quantitative estimate of drug-likeness (QED) is 0.908. The van der Waals surface area contributed by atoms with Crippen molar-refractivity contribution >= 4 is 11.5 Å². The largest absolute Gasteiger partial charge is 0.368 e. The molecule has 0 spiro atoms. The maximum Gasteiger partial charge on any atom is 0.220 e. The van der Waals surface area contributed by atoms with Gasteiger partial charge in [-0.05, 0) is 54.4 Å². The summed E-state index contributed by atoms with van der Waals surface area (Å²) in [6, 6.07) is 2.01. The minimum absolute atomic E-state index is 0.330. The molecule has 1 aliphatic carbocycles. The topological polar surface area (TPSA) is 64.7 Å². The van der Waals surface area contributed by atoms with Crippen molar-refractivity contribution in [1.29, 1.82) is 0 Å². The summed E-state index contributed by atoms with van der Waals surface area (Å²) in [6.45, 7) is 6.67. The number of nitrogens with zero attached hydrogens (tertiary/aromatic N) is 3. The zero-order chi connectivity index (χ0) is 15.7. The molecule has 114 valence electrons. The highest BCUT2D eigenvalue weighted by atomic mass is 15.0. The third-order valence-corrected chi connectivity index (χ3v) is 4.39. The van der Waals surface area contributed by atoms with Gasteiger partial charge in [0.1, 0.15) is 0 Å². The second kappa shape index (κ2) is 5.52. The van der Waals surface area contributed by atoms with Crippen LogP contribution in [0.4, 0.5) is 5.95 Å². The lowest BCUT2D eigenvalue weighted by Crippen LogP contribution is -2.15. The van der Waals surface area contributed by atoms with Gasteiger partial charge in [0, 0.05) is 24.2 Å². The Balaban J connectivity index is 2.10. The molecule has 0 saturated heterocycles. The summed E-state index contributed by atoms with van der Waals surface area (Å²) < 4.78 is 0. The number of hydrogen-bond acceptors (Lipinski definition) is 4. The average Bonchev–Trinajstić information content (AvgIpc) is 2.48. The Labute approximate surface area is 131 Å². The van der Waals surface area contributed by atoms with Crippen molar-refractivity contribution in [2.75, 3.05) is 5.73 Å². The Morgan fingerprint density at radius 1 is 1.18 bits per heavy atom. The Kier molecular flexibility index (Phi) is 3.69. The van der Waals surface area contributed by atoms with Crippen molar-refractivity contribution in [3.63, 3.8) is 0 Å². The molecule has 0 saturated carbocycles. The van der Waals surface area contributed by atoms with E-state index in [1.807, 2.05) is 18.5 Å². The van der Waals surface area contributed by atoms with E-state index in [2.05, 4.69) is 41.8 Å². The molecule has 0 radical (unpaired) electrons. The first-order valence-corrected chi connectivity index (χ1v) is 7.69. The van der Waals surface area contributed by atoms with E-state index >= 15 is 0 Å². The SMILES string of the molecule is Cc1cnccc1-c1cnc(N)nc1C1=CCC(C)(C)CC1. The van der Waals surface area contributed by atoms with Crippen molar-refractivity contribution in [3.05, 3.63) is 42.0 Å². The molecule has 2 heterocycles. The molecule has 0 aliphatic heterocycles. The molecule has 4 nitrogen and oxygen atoms in total. The monoisotopic (exact) mass is 294 g/mol. The molecule has 0 unspecified atom stereocenters. The Morgan fingerprint density at radius 3 is 2.68 bits per heavy atom. The van der Waals surface area contributed by atoms with Crippen LogP contribution < -0.4 is 5.73 Å². The molecule has 1 aliphatic rings. The first-order valence-electron chi connectivity index (χ1n) is 7.69. The molecule has 4 heteroatoms. The molecule has 2 aromatic heterocycles. The van der Waals surface area contributed by atoms with Crippen LogP contribution in [0.5, 0.6) is 0 Å². The fourth-order valence-corrected chi connectivity index (χ4v) is 2.90. The fraction of sp³-hybridized carbons (Fsp3) is 0.389. The van der Waals surface area contributed by atoms with Crippen LogP contribution in [0, 0.1) is 12.3 Å². The number of anilines is 1. The number of rotatable bonds is 2.